The van der Waals surface area contributed by atoms with Crippen LogP contribution in [0.2, 0.25) is 0 Å². The number of benzene rings is 1. The Morgan fingerprint density at radius 2 is 1.85 bits per heavy atom. The van der Waals surface area contributed by atoms with Gasteiger partial charge in [0.15, 0.2) is 6.29 Å². The molecule has 0 fully saturated rings. The molecule has 1 aromatic carbocycles. The number of nitrogens with zero attached hydrogens (tertiary/aromatic N) is 1. The van der Waals surface area contributed by atoms with Crippen LogP contribution in [0, 0.1) is 5.92 Å². The highest BCUT2D eigenvalue weighted by atomic mass is 16.7. The van der Waals surface area contributed by atoms with Crippen LogP contribution in [0.5, 0.6) is 0 Å². The Morgan fingerprint density at radius 1 is 1.15 bits per heavy atom. The zero-order chi connectivity index (χ0) is 20.0. The van der Waals surface area contributed by atoms with Crippen LogP contribution < -0.4 is 15.5 Å². The summed E-state index contributed by atoms with van der Waals surface area (Å²) in [5.41, 5.74) is 2.36. The third kappa shape index (κ3) is 5.27. The minimum Gasteiger partial charge on any atom is -0.354 e. The molecular weight excluding hydrogens is 350 g/mol. The molecule has 0 atom stereocenters. The Kier molecular flexibility index (Phi) is 7.32. The standard InChI is InChI=1S/C19H27N3O5/c1-12(2)19(25)22-9-5-6-13-10-14(7-8-15(13)22)21-18(24)17(23)20-11-16(26-3)27-4/h7-8,10,12,16H,5-6,9,11H2,1-4H3,(H,20,23)(H,21,24). The molecule has 0 bridgehead atoms. The number of hydrogen-bond acceptors (Lipinski definition) is 5. The Hall–Kier alpha value is -2.45. The van der Waals surface area contributed by atoms with Crippen molar-refractivity contribution in [2.75, 3.05) is 37.5 Å². The van der Waals surface area contributed by atoms with Crippen LogP contribution in [-0.2, 0) is 30.3 Å². The van der Waals surface area contributed by atoms with Gasteiger partial charge in [0.25, 0.3) is 0 Å². The normalized spacial score (nSPS) is 13.5. The van der Waals surface area contributed by atoms with E-state index < -0.39 is 18.1 Å². The fourth-order valence-corrected chi connectivity index (χ4v) is 2.92. The van der Waals surface area contributed by atoms with Crippen molar-refractivity contribution >= 4 is 29.1 Å². The molecular formula is C19H27N3O5. The third-order valence-corrected chi connectivity index (χ3v) is 4.38. The number of fused-ring (bicyclic) bond motifs is 1. The van der Waals surface area contributed by atoms with Gasteiger partial charge in [0.2, 0.25) is 5.91 Å². The van der Waals surface area contributed by atoms with E-state index in [0.29, 0.717) is 12.2 Å². The maximum absolute atomic E-state index is 12.4. The summed E-state index contributed by atoms with van der Waals surface area (Å²) in [7, 11) is 2.89. The molecule has 0 saturated heterocycles. The fraction of sp³-hybridized carbons (Fsp3) is 0.526. The quantitative estimate of drug-likeness (QED) is 0.575. The van der Waals surface area contributed by atoms with E-state index in [1.807, 2.05) is 26.0 Å². The lowest BCUT2D eigenvalue weighted by Crippen LogP contribution is -2.40. The number of amides is 3. The van der Waals surface area contributed by atoms with Gasteiger partial charge >= 0.3 is 11.8 Å². The first kappa shape index (κ1) is 20.9. The number of methoxy groups -OCH3 is 2. The highest BCUT2D eigenvalue weighted by Crippen LogP contribution is 2.30. The molecule has 0 aromatic heterocycles. The lowest BCUT2D eigenvalue weighted by atomic mass is 9.99. The zero-order valence-corrected chi connectivity index (χ0v) is 16.2. The summed E-state index contributed by atoms with van der Waals surface area (Å²) in [4.78, 5) is 38.1. The van der Waals surface area contributed by atoms with Crippen LogP contribution in [0.15, 0.2) is 18.2 Å². The van der Waals surface area contributed by atoms with E-state index in [0.717, 1.165) is 24.1 Å². The van der Waals surface area contributed by atoms with Crippen LogP contribution in [-0.4, -0.2) is 51.3 Å². The topological polar surface area (TPSA) is 97.0 Å². The minimum absolute atomic E-state index is 0.0652. The van der Waals surface area contributed by atoms with E-state index in [2.05, 4.69) is 10.6 Å². The number of carbonyl (C=O) groups excluding carboxylic acids is 3. The average molecular weight is 377 g/mol. The molecule has 0 aliphatic carbocycles. The van der Waals surface area contributed by atoms with E-state index in [1.54, 1.807) is 11.0 Å². The van der Waals surface area contributed by atoms with Gasteiger partial charge in [-0.25, -0.2) is 0 Å². The predicted molar refractivity (Wildman–Crippen MR) is 101 cm³/mol. The number of carbonyl (C=O) groups is 3. The molecule has 0 spiro atoms. The van der Waals surface area contributed by atoms with Gasteiger partial charge < -0.3 is 25.0 Å². The van der Waals surface area contributed by atoms with Crippen molar-refractivity contribution in [2.45, 2.75) is 33.0 Å². The summed E-state index contributed by atoms with van der Waals surface area (Å²) in [6.45, 7) is 4.51. The maximum Gasteiger partial charge on any atom is 0.313 e. The summed E-state index contributed by atoms with van der Waals surface area (Å²) in [6.07, 6.45) is 1.06. The lowest BCUT2D eigenvalue weighted by molar-refractivity contribution is -0.139. The molecule has 0 radical (unpaired) electrons. The smallest absolute Gasteiger partial charge is 0.313 e. The fourth-order valence-electron chi connectivity index (χ4n) is 2.92. The molecule has 1 heterocycles. The Labute approximate surface area is 159 Å². The Bertz CT molecular complexity index is 701. The Balaban J connectivity index is 2.03. The molecule has 1 aromatic rings. The molecule has 1 aliphatic heterocycles. The van der Waals surface area contributed by atoms with Gasteiger partial charge in [-0.15, -0.1) is 0 Å². The number of anilines is 2. The van der Waals surface area contributed by atoms with Crippen LogP contribution >= 0.6 is 0 Å². The molecule has 2 N–H and O–H groups in total. The third-order valence-electron chi connectivity index (χ3n) is 4.38. The number of ether oxygens (including phenoxy) is 2. The number of rotatable bonds is 6. The molecule has 1 aliphatic rings. The summed E-state index contributed by atoms with van der Waals surface area (Å²) in [6, 6.07) is 5.32. The molecule has 148 valence electrons. The molecule has 0 unspecified atom stereocenters. The number of nitrogens with one attached hydrogen (secondary N) is 2. The first-order valence-corrected chi connectivity index (χ1v) is 8.96. The van der Waals surface area contributed by atoms with Crippen molar-refractivity contribution in [2.24, 2.45) is 5.92 Å². The monoisotopic (exact) mass is 377 g/mol. The van der Waals surface area contributed by atoms with Crippen molar-refractivity contribution in [3.8, 4) is 0 Å². The SMILES string of the molecule is COC(CNC(=O)C(=O)Nc1ccc2c(c1)CCCN2C(=O)C(C)C)OC. The molecule has 8 nitrogen and oxygen atoms in total. The highest BCUT2D eigenvalue weighted by Gasteiger charge is 2.25. The van der Waals surface area contributed by atoms with Crippen LogP contribution in [0.25, 0.3) is 0 Å². The largest absolute Gasteiger partial charge is 0.354 e. The summed E-state index contributed by atoms with van der Waals surface area (Å²) < 4.78 is 9.91. The van der Waals surface area contributed by atoms with Gasteiger partial charge in [0.05, 0.1) is 6.54 Å². The Morgan fingerprint density at radius 3 is 2.48 bits per heavy atom. The van der Waals surface area contributed by atoms with E-state index in [4.69, 9.17) is 9.47 Å². The van der Waals surface area contributed by atoms with Crippen LogP contribution in [0.3, 0.4) is 0 Å². The maximum atomic E-state index is 12.4. The van der Waals surface area contributed by atoms with Crippen molar-refractivity contribution in [1.82, 2.24) is 5.32 Å². The molecule has 27 heavy (non-hydrogen) atoms. The second-order valence-corrected chi connectivity index (χ2v) is 6.66. The van der Waals surface area contributed by atoms with Crippen molar-refractivity contribution in [3.05, 3.63) is 23.8 Å². The summed E-state index contributed by atoms with van der Waals surface area (Å²) in [5, 5.41) is 5.03. The van der Waals surface area contributed by atoms with Crippen molar-refractivity contribution in [3.63, 3.8) is 0 Å². The second kappa shape index (κ2) is 9.48. The molecule has 2 rings (SSSR count). The molecule has 8 heteroatoms. The van der Waals surface area contributed by atoms with Gasteiger partial charge in [0, 0.05) is 38.1 Å². The second-order valence-electron chi connectivity index (χ2n) is 6.66. The van der Waals surface area contributed by atoms with E-state index in [-0.39, 0.29) is 18.4 Å². The van der Waals surface area contributed by atoms with Crippen molar-refractivity contribution in [1.29, 1.82) is 0 Å². The first-order chi connectivity index (χ1) is 12.9. The van der Waals surface area contributed by atoms with Gasteiger partial charge in [-0.2, -0.15) is 0 Å². The summed E-state index contributed by atoms with van der Waals surface area (Å²) >= 11 is 0. The van der Waals surface area contributed by atoms with Crippen LogP contribution in [0.4, 0.5) is 11.4 Å². The first-order valence-electron chi connectivity index (χ1n) is 8.96. The van der Waals surface area contributed by atoms with Gasteiger partial charge in [-0.1, -0.05) is 13.8 Å². The average Bonchev–Trinajstić information content (AvgIpc) is 2.67. The lowest BCUT2D eigenvalue weighted by Gasteiger charge is -2.31. The van der Waals surface area contributed by atoms with Crippen LogP contribution in [0.1, 0.15) is 25.8 Å². The van der Waals surface area contributed by atoms with E-state index in [1.165, 1.54) is 14.2 Å². The molecule has 3 amide bonds. The highest BCUT2D eigenvalue weighted by molar-refractivity contribution is 6.39. The van der Waals surface area contributed by atoms with E-state index in [9.17, 15) is 14.4 Å². The zero-order valence-electron chi connectivity index (χ0n) is 16.2. The number of hydrogen-bond donors (Lipinski definition) is 2. The number of aryl methyl sites for hydroxylation is 1. The van der Waals surface area contributed by atoms with Crippen molar-refractivity contribution < 1.29 is 23.9 Å². The van der Waals surface area contributed by atoms with Gasteiger partial charge in [0.1, 0.15) is 0 Å². The van der Waals surface area contributed by atoms with E-state index >= 15 is 0 Å². The molecule has 0 saturated carbocycles. The van der Waals surface area contributed by atoms with Gasteiger partial charge in [-0.3, -0.25) is 14.4 Å². The minimum atomic E-state index is -0.775. The predicted octanol–water partition coefficient (Wildman–Crippen LogP) is 1.30. The van der Waals surface area contributed by atoms with Gasteiger partial charge in [-0.05, 0) is 36.6 Å². The summed E-state index contributed by atoms with van der Waals surface area (Å²) in [5.74, 6) is -1.55.